The number of aryl methyl sites for hydroxylation is 1. The van der Waals surface area contributed by atoms with E-state index in [0.29, 0.717) is 25.0 Å². The Labute approximate surface area is 140 Å². The van der Waals surface area contributed by atoms with Crippen LogP contribution in [0.2, 0.25) is 0 Å². The third-order valence-corrected chi connectivity index (χ3v) is 3.53. The van der Waals surface area contributed by atoms with Crippen LogP contribution in [0.25, 0.3) is 11.1 Å². The van der Waals surface area contributed by atoms with E-state index in [-0.39, 0.29) is 23.9 Å². The van der Waals surface area contributed by atoms with E-state index in [1.165, 1.54) is 12.1 Å². The molecule has 0 saturated heterocycles. The zero-order chi connectivity index (χ0) is 17.5. The summed E-state index contributed by atoms with van der Waals surface area (Å²) in [5, 5.41) is 0. The van der Waals surface area contributed by atoms with Gasteiger partial charge in [-0.3, -0.25) is 4.79 Å². The van der Waals surface area contributed by atoms with Gasteiger partial charge in [0.15, 0.2) is 11.6 Å². The predicted octanol–water partition coefficient (Wildman–Crippen LogP) is 4.53. The monoisotopic (exact) mass is 334 g/mol. The molecule has 2 rings (SSSR count). The van der Waals surface area contributed by atoms with Gasteiger partial charge < -0.3 is 9.47 Å². The lowest BCUT2D eigenvalue weighted by atomic mass is 10.0. The second-order valence-corrected chi connectivity index (χ2v) is 5.17. The summed E-state index contributed by atoms with van der Waals surface area (Å²) < 4.78 is 38.1. The van der Waals surface area contributed by atoms with Gasteiger partial charge in [0.25, 0.3) is 0 Å². The molecule has 3 nitrogen and oxygen atoms in total. The first-order valence-corrected chi connectivity index (χ1v) is 7.92. The predicted molar refractivity (Wildman–Crippen MR) is 87.9 cm³/mol. The second kappa shape index (κ2) is 8.43. The molecule has 0 aliphatic rings. The van der Waals surface area contributed by atoms with E-state index < -0.39 is 11.6 Å². The normalized spacial score (nSPS) is 10.5. The van der Waals surface area contributed by atoms with Crippen molar-refractivity contribution in [2.24, 2.45) is 0 Å². The molecule has 0 bridgehead atoms. The third kappa shape index (κ3) is 4.31. The number of benzene rings is 2. The van der Waals surface area contributed by atoms with Gasteiger partial charge in [0.2, 0.25) is 5.82 Å². The number of esters is 1. The highest BCUT2D eigenvalue weighted by Crippen LogP contribution is 2.30. The first-order chi connectivity index (χ1) is 11.6. The van der Waals surface area contributed by atoms with Gasteiger partial charge in [0.05, 0.1) is 13.2 Å². The van der Waals surface area contributed by atoms with Crippen molar-refractivity contribution in [2.45, 2.75) is 26.7 Å². The van der Waals surface area contributed by atoms with Gasteiger partial charge in [0.1, 0.15) is 0 Å². The number of rotatable bonds is 7. The van der Waals surface area contributed by atoms with Crippen LogP contribution < -0.4 is 4.74 Å². The highest BCUT2D eigenvalue weighted by molar-refractivity contribution is 5.70. The largest absolute Gasteiger partial charge is 0.491 e. The molecule has 128 valence electrons. The van der Waals surface area contributed by atoms with Crippen molar-refractivity contribution < 1.29 is 23.0 Å². The van der Waals surface area contributed by atoms with Gasteiger partial charge in [0, 0.05) is 12.0 Å². The van der Waals surface area contributed by atoms with Crippen LogP contribution in [0, 0.1) is 11.6 Å². The molecule has 5 heteroatoms. The van der Waals surface area contributed by atoms with Crippen LogP contribution in [-0.2, 0) is 16.0 Å². The van der Waals surface area contributed by atoms with E-state index in [9.17, 15) is 13.6 Å². The molecule has 0 spiro atoms. The first kappa shape index (κ1) is 17.9. The summed E-state index contributed by atoms with van der Waals surface area (Å²) >= 11 is 0. The smallest absolute Gasteiger partial charge is 0.306 e. The Balaban J connectivity index is 2.13. The van der Waals surface area contributed by atoms with Crippen LogP contribution in [0.15, 0.2) is 36.4 Å². The van der Waals surface area contributed by atoms with E-state index in [1.54, 1.807) is 38.1 Å². The molecule has 0 aliphatic carbocycles. The van der Waals surface area contributed by atoms with Crippen molar-refractivity contribution in [3.8, 4) is 16.9 Å². The average Bonchev–Trinajstić information content (AvgIpc) is 2.58. The summed E-state index contributed by atoms with van der Waals surface area (Å²) in [4.78, 5) is 11.3. The maximum Gasteiger partial charge on any atom is 0.306 e. The van der Waals surface area contributed by atoms with E-state index >= 15 is 0 Å². The molecule has 0 heterocycles. The standard InChI is InChI=1S/C19H20F2O3/c1-3-23-16-11-10-15(18(20)19(16)21)14-8-5-13(6-9-14)7-12-17(22)24-4-2/h5-6,8-11H,3-4,7,12H2,1-2H3. The fraction of sp³-hybridized carbons (Fsp3) is 0.316. The lowest BCUT2D eigenvalue weighted by Crippen LogP contribution is -2.05. The minimum Gasteiger partial charge on any atom is -0.491 e. The lowest BCUT2D eigenvalue weighted by Gasteiger charge is -2.10. The molecular weight excluding hydrogens is 314 g/mol. The van der Waals surface area contributed by atoms with Gasteiger partial charge in [-0.1, -0.05) is 24.3 Å². The van der Waals surface area contributed by atoms with Gasteiger partial charge in [-0.25, -0.2) is 4.39 Å². The van der Waals surface area contributed by atoms with E-state index in [4.69, 9.17) is 9.47 Å². The topological polar surface area (TPSA) is 35.5 Å². The fourth-order valence-electron chi connectivity index (χ4n) is 2.35. The fourth-order valence-corrected chi connectivity index (χ4v) is 2.35. The van der Waals surface area contributed by atoms with Crippen molar-refractivity contribution in [3.63, 3.8) is 0 Å². The number of hydrogen-bond donors (Lipinski definition) is 0. The Hall–Kier alpha value is -2.43. The number of carbonyl (C=O) groups excluding carboxylic acids is 1. The number of hydrogen-bond acceptors (Lipinski definition) is 3. The molecule has 0 atom stereocenters. The first-order valence-electron chi connectivity index (χ1n) is 7.92. The Bertz CT molecular complexity index is 697. The van der Waals surface area contributed by atoms with Crippen molar-refractivity contribution >= 4 is 5.97 Å². The quantitative estimate of drug-likeness (QED) is 0.698. The van der Waals surface area contributed by atoms with Crippen LogP contribution >= 0.6 is 0 Å². The highest BCUT2D eigenvalue weighted by Gasteiger charge is 2.15. The Morgan fingerprint density at radius 3 is 2.29 bits per heavy atom. The van der Waals surface area contributed by atoms with Crippen LogP contribution in [0.5, 0.6) is 5.75 Å². The van der Waals surface area contributed by atoms with Crippen molar-refractivity contribution in [2.75, 3.05) is 13.2 Å². The molecule has 2 aromatic rings. The zero-order valence-electron chi connectivity index (χ0n) is 13.8. The molecule has 0 saturated carbocycles. The molecule has 0 unspecified atom stereocenters. The average molecular weight is 334 g/mol. The zero-order valence-corrected chi connectivity index (χ0v) is 13.8. The summed E-state index contributed by atoms with van der Waals surface area (Å²) in [5.41, 5.74) is 1.67. The lowest BCUT2D eigenvalue weighted by molar-refractivity contribution is -0.143. The Kier molecular flexibility index (Phi) is 6.29. The summed E-state index contributed by atoms with van der Waals surface area (Å²) in [6.07, 6.45) is 0.832. The van der Waals surface area contributed by atoms with Crippen LogP contribution in [0.4, 0.5) is 8.78 Å². The Morgan fingerprint density at radius 1 is 0.958 bits per heavy atom. The summed E-state index contributed by atoms with van der Waals surface area (Å²) in [6, 6.07) is 9.92. The molecule has 2 aromatic carbocycles. The molecule has 0 amide bonds. The van der Waals surface area contributed by atoms with Crippen molar-refractivity contribution in [3.05, 3.63) is 53.6 Å². The van der Waals surface area contributed by atoms with Crippen LogP contribution in [0.1, 0.15) is 25.8 Å². The minimum absolute atomic E-state index is 0.0928. The van der Waals surface area contributed by atoms with Gasteiger partial charge in [-0.15, -0.1) is 0 Å². The van der Waals surface area contributed by atoms with Gasteiger partial charge in [-0.05, 0) is 43.5 Å². The van der Waals surface area contributed by atoms with Crippen molar-refractivity contribution in [1.82, 2.24) is 0 Å². The van der Waals surface area contributed by atoms with Crippen molar-refractivity contribution in [1.29, 1.82) is 0 Å². The van der Waals surface area contributed by atoms with E-state index in [0.717, 1.165) is 5.56 Å². The maximum absolute atomic E-state index is 14.2. The SMILES string of the molecule is CCOC(=O)CCc1ccc(-c2ccc(OCC)c(F)c2F)cc1. The number of ether oxygens (including phenoxy) is 2. The Morgan fingerprint density at radius 2 is 1.67 bits per heavy atom. The van der Waals surface area contributed by atoms with E-state index in [1.807, 2.05) is 0 Å². The van der Waals surface area contributed by atoms with Gasteiger partial charge >= 0.3 is 5.97 Å². The molecule has 0 fully saturated rings. The number of carbonyl (C=O) groups is 1. The molecule has 0 N–H and O–H groups in total. The molecule has 0 radical (unpaired) electrons. The summed E-state index contributed by atoms with van der Waals surface area (Å²) in [6.45, 7) is 4.10. The van der Waals surface area contributed by atoms with E-state index in [2.05, 4.69) is 0 Å². The van der Waals surface area contributed by atoms with Crippen LogP contribution in [-0.4, -0.2) is 19.2 Å². The summed E-state index contributed by atoms with van der Waals surface area (Å²) in [5.74, 6) is -2.26. The second-order valence-electron chi connectivity index (χ2n) is 5.17. The molecule has 24 heavy (non-hydrogen) atoms. The van der Waals surface area contributed by atoms with Crippen LogP contribution in [0.3, 0.4) is 0 Å². The summed E-state index contributed by atoms with van der Waals surface area (Å²) in [7, 11) is 0. The maximum atomic E-state index is 14.2. The molecular formula is C19H20F2O3. The molecule has 0 aliphatic heterocycles. The molecule has 0 aromatic heterocycles. The number of halogens is 2. The third-order valence-electron chi connectivity index (χ3n) is 3.53. The highest BCUT2D eigenvalue weighted by atomic mass is 19.2. The minimum atomic E-state index is -0.985. The van der Waals surface area contributed by atoms with Gasteiger partial charge in [-0.2, -0.15) is 4.39 Å².